The maximum atomic E-state index is 14.8. The predicted octanol–water partition coefficient (Wildman–Crippen LogP) is 7.06. The zero-order valence-electron chi connectivity index (χ0n) is 24.2. The van der Waals surface area contributed by atoms with Crippen LogP contribution in [0.3, 0.4) is 0 Å². The van der Waals surface area contributed by atoms with Gasteiger partial charge in [-0.05, 0) is 61.2 Å². The molecule has 3 heterocycles. The summed E-state index contributed by atoms with van der Waals surface area (Å²) in [5, 5.41) is 27.8. The van der Waals surface area contributed by atoms with Crippen molar-refractivity contribution in [2.75, 3.05) is 17.7 Å². The highest BCUT2D eigenvalue weighted by molar-refractivity contribution is 8.03. The molecule has 8 nitrogen and oxygen atoms in total. The van der Waals surface area contributed by atoms with Crippen molar-refractivity contribution in [3.05, 3.63) is 83.8 Å². The highest BCUT2D eigenvalue weighted by atomic mass is 35.5. The molecule has 0 bridgehead atoms. The number of benzene rings is 1. The minimum atomic E-state index is -5.40. The molecule has 1 aliphatic heterocycles. The van der Waals surface area contributed by atoms with Crippen LogP contribution in [-0.2, 0) is 22.4 Å². The quantitative estimate of drug-likeness (QED) is 0.159. The Balaban J connectivity index is 1.52. The molecule has 15 heteroatoms. The lowest BCUT2D eigenvalue weighted by Crippen LogP contribution is -2.66. The van der Waals surface area contributed by atoms with Crippen LogP contribution in [-0.4, -0.2) is 47.0 Å². The third kappa shape index (κ3) is 6.44. The smallest absolute Gasteiger partial charge is 0.437 e. The van der Waals surface area contributed by atoms with Crippen LogP contribution in [0.1, 0.15) is 61.7 Å². The number of nitrogens with one attached hydrogen (secondary N) is 2. The van der Waals surface area contributed by atoms with E-state index >= 15 is 0 Å². The Labute approximate surface area is 279 Å². The lowest BCUT2D eigenvalue weighted by Gasteiger charge is -2.45. The van der Waals surface area contributed by atoms with Crippen molar-refractivity contribution >= 4 is 68.7 Å². The van der Waals surface area contributed by atoms with Gasteiger partial charge in [0.15, 0.2) is 5.78 Å². The van der Waals surface area contributed by atoms with Gasteiger partial charge < -0.3 is 20.5 Å². The number of nitriles is 1. The zero-order chi connectivity index (χ0) is 33.2. The molecular weight excluding hydrogens is 683 g/mol. The Morgan fingerprint density at radius 2 is 1.96 bits per heavy atom. The molecule has 0 saturated heterocycles. The van der Waals surface area contributed by atoms with Gasteiger partial charge in [0.1, 0.15) is 5.00 Å². The van der Waals surface area contributed by atoms with Gasteiger partial charge in [0.25, 0.3) is 0 Å². The fraction of sp³-hybridized carbons (Fsp3) is 0.355. The number of halogens is 4. The minimum absolute atomic E-state index is 0.00842. The summed E-state index contributed by atoms with van der Waals surface area (Å²) in [5.74, 6) is -6.62. The van der Waals surface area contributed by atoms with E-state index in [1.165, 1.54) is 47.0 Å². The van der Waals surface area contributed by atoms with E-state index < -0.39 is 52.2 Å². The maximum absolute atomic E-state index is 14.8. The predicted molar refractivity (Wildman–Crippen MR) is 171 cm³/mol. The first kappa shape index (κ1) is 34.0. The summed E-state index contributed by atoms with van der Waals surface area (Å²) in [6.07, 6.45) is -2.20. The molecule has 2 aromatic heterocycles. The van der Waals surface area contributed by atoms with E-state index in [2.05, 4.69) is 5.32 Å². The van der Waals surface area contributed by atoms with Crippen LogP contribution in [0.4, 0.5) is 18.2 Å². The summed E-state index contributed by atoms with van der Waals surface area (Å²) >= 11 is 9.14. The van der Waals surface area contributed by atoms with E-state index in [-0.39, 0.29) is 38.2 Å². The second-order valence-electron chi connectivity index (χ2n) is 10.5. The van der Waals surface area contributed by atoms with Gasteiger partial charge in [0.2, 0.25) is 11.6 Å². The zero-order valence-corrected chi connectivity index (χ0v) is 27.4. The SMILES string of the molecule is CCOC(=O)c1c(NC(=O)CSC2=C(C#N)C(c3ccccc3Cl)C(C(=O)c3cccs3)C(O)(C(F)(F)F)N2)sc2c1CCCC2. The van der Waals surface area contributed by atoms with Crippen LogP contribution in [0.15, 0.2) is 52.4 Å². The number of carbonyl (C=O) groups is 3. The number of aliphatic hydroxyl groups is 1. The highest BCUT2D eigenvalue weighted by Crippen LogP contribution is 2.52. The maximum Gasteiger partial charge on any atom is 0.437 e. The van der Waals surface area contributed by atoms with Gasteiger partial charge in [0.05, 0.1) is 45.4 Å². The Bertz CT molecular complexity index is 1730. The second kappa shape index (κ2) is 13.8. The number of ether oxygens (including phenoxy) is 1. The fourth-order valence-corrected chi connectivity index (χ4v) is 8.85. The number of hydrogen-bond acceptors (Lipinski definition) is 10. The number of alkyl halides is 3. The van der Waals surface area contributed by atoms with Crippen LogP contribution < -0.4 is 10.6 Å². The molecule has 3 N–H and O–H groups in total. The molecule has 0 spiro atoms. The van der Waals surface area contributed by atoms with Crippen molar-refractivity contribution in [3.8, 4) is 6.07 Å². The third-order valence-electron chi connectivity index (χ3n) is 7.73. The van der Waals surface area contributed by atoms with Gasteiger partial charge in [0, 0.05) is 15.8 Å². The molecule has 0 saturated carbocycles. The van der Waals surface area contributed by atoms with Crippen molar-refractivity contribution in [1.82, 2.24) is 5.32 Å². The van der Waals surface area contributed by atoms with E-state index in [0.29, 0.717) is 18.2 Å². The lowest BCUT2D eigenvalue weighted by molar-refractivity contribution is -0.285. The third-order valence-corrected chi connectivity index (χ3v) is 11.2. The average molecular weight is 710 g/mol. The molecule has 3 unspecified atom stereocenters. The topological polar surface area (TPSA) is 129 Å². The number of ketones is 1. The molecular formula is C31H27ClF3N3O5S3. The number of esters is 1. The standard InChI is InChI=1S/C31H27ClF3N3O5S3/c1-2-43-29(41)24-17-9-4-6-11-20(17)46-28(24)37-22(39)15-45-27-18(14-36)23(16-8-3-5-10-19(16)32)25(26(40)21-12-7-13-44-21)30(42,38-27)31(33,34)35/h3,5,7-8,10,12-13,23,25,38,42H,2,4,6,9,11,15H2,1H3,(H,37,39). The summed E-state index contributed by atoms with van der Waals surface area (Å²) in [5.41, 5.74) is -3.01. The fourth-order valence-electron chi connectivity index (χ4n) is 5.70. The van der Waals surface area contributed by atoms with Crippen LogP contribution in [0.5, 0.6) is 0 Å². The van der Waals surface area contributed by atoms with Crippen LogP contribution in [0, 0.1) is 17.2 Å². The molecule has 1 amide bonds. The van der Waals surface area contributed by atoms with Gasteiger partial charge in [-0.3, -0.25) is 9.59 Å². The van der Waals surface area contributed by atoms with Gasteiger partial charge in [-0.15, -0.1) is 22.7 Å². The first-order chi connectivity index (χ1) is 21.9. The Morgan fingerprint density at radius 3 is 2.61 bits per heavy atom. The second-order valence-corrected chi connectivity index (χ2v) is 14.0. The Morgan fingerprint density at radius 1 is 1.22 bits per heavy atom. The normalized spacial score (nSPS) is 21.2. The number of hydrogen-bond donors (Lipinski definition) is 3. The van der Waals surface area contributed by atoms with Crippen molar-refractivity contribution < 1.29 is 37.4 Å². The van der Waals surface area contributed by atoms with Crippen molar-refractivity contribution in [3.63, 3.8) is 0 Å². The number of thioether (sulfide) groups is 1. The van der Waals surface area contributed by atoms with Crippen molar-refractivity contribution in [2.45, 2.75) is 50.4 Å². The molecule has 1 aromatic carbocycles. The van der Waals surface area contributed by atoms with Crippen LogP contribution in [0.2, 0.25) is 5.02 Å². The van der Waals surface area contributed by atoms with E-state index in [9.17, 15) is 37.9 Å². The molecule has 242 valence electrons. The molecule has 3 aromatic rings. The molecule has 0 radical (unpaired) electrons. The molecule has 5 rings (SSSR count). The summed E-state index contributed by atoms with van der Waals surface area (Å²) < 4.78 is 49.7. The monoisotopic (exact) mass is 709 g/mol. The van der Waals surface area contributed by atoms with Crippen LogP contribution in [0.25, 0.3) is 0 Å². The number of aryl methyl sites for hydroxylation is 1. The number of allylic oxidation sites excluding steroid dienone is 1. The summed E-state index contributed by atoms with van der Waals surface area (Å²) in [6, 6.07) is 10.6. The van der Waals surface area contributed by atoms with Gasteiger partial charge in [-0.25, -0.2) is 4.79 Å². The molecule has 1 aliphatic carbocycles. The summed E-state index contributed by atoms with van der Waals surface area (Å²) in [4.78, 5) is 40.6. The van der Waals surface area contributed by atoms with Gasteiger partial charge in [-0.1, -0.05) is 47.6 Å². The number of fused-ring (bicyclic) bond motifs is 1. The van der Waals surface area contributed by atoms with E-state index in [4.69, 9.17) is 16.3 Å². The van der Waals surface area contributed by atoms with Crippen molar-refractivity contribution in [1.29, 1.82) is 5.26 Å². The van der Waals surface area contributed by atoms with E-state index in [0.717, 1.165) is 41.0 Å². The van der Waals surface area contributed by atoms with Crippen molar-refractivity contribution in [2.24, 2.45) is 5.92 Å². The number of anilines is 1. The highest BCUT2D eigenvalue weighted by Gasteiger charge is 2.66. The largest absolute Gasteiger partial charge is 0.462 e. The summed E-state index contributed by atoms with van der Waals surface area (Å²) in [7, 11) is 0. The first-order valence-corrected chi connectivity index (χ1v) is 17.2. The van der Waals surface area contributed by atoms with E-state index in [1.54, 1.807) is 13.0 Å². The number of thiophene rings is 2. The lowest BCUT2D eigenvalue weighted by atomic mass is 9.70. The van der Waals surface area contributed by atoms with Crippen LogP contribution >= 0.6 is 46.0 Å². The molecule has 3 atom stereocenters. The molecule has 0 fully saturated rings. The number of amides is 1. The van der Waals surface area contributed by atoms with Gasteiger partial charge in [-0.2, -0.15) is 18.4 Å². The minimum Gasteiger partial charge on any atom is -0.462 e. The average Bonchev–Trinajstić information content (AvgIpc) is 3.68. The number of rotatable bonds is 9. The summed E-state index contributed by atoms with van der Waals surface area (Å²) in [6.45, 7) is 1.80. The Hall–Kier alpha value is -3.35. The number of Topliss-reactive ketones (excluding diaryl/α,β-unsaturated/α-hetero) is 1. The van der Waals surface area contributed by atoms with Gasteiger partial charge >= 0.3 is 12.1 Å². The molecule has 2 aliphatic rings. The number of carbonyl (C=O) groups excluding carboxylic acids is 3. The first-order valence-electron chi connectivity index (χ1n) is 14.2. The Kier molecular flexibility index (Phi) is 10.2. The molecule has 46 heavy (non-hydrogen) atoms. The number of nitrogens with zero attached hydrogens (tertiary/aromatic N) is 1. The van der Waals surface area contributed by atoms with E-state index in [1.807, 2.05) is 11.4 Å².